The summed E-state index contributed by atoms with van der Waals surface area (Å²) < 4.78 is 5.00. The minimum absolute atomic E-state index is 0.0555. The zero-order valence-electron chi connectivity index (χ0n) is 9.85. The highest BCUT2D eigenvalue weighted by molar-refractivity contribution is 5.79. The maximum Gasteiger partial charge on any atom is 0.308 e. The van der Waals surface area contributed by atoms with Crippen LogP contribution in [0.3, 0.4) is 0 Å². The first-order valence-electron chi connectivity index (χ1n) is 5.95. The van der Waals surface area contributed by atoms with Gasteiger partial charge in [-0.15, -0.1) is 0 Å². The summed E-state index contributed by atoms with van der Waals surface area (Å²) in [5.74, 6) is -1.57. The topological polar surface area (TPSA) is 102 Å². The number of nitrogens with one attached hydrogen (secondary N) is 1. The molecule has 0 bridgehead atoms. The number of carboxylic acids is 1. The standard InChI is InChI=1S/C11H20N2O4/c12-5-6-17-7-10(14)13-9-4-2-1-3-8(9)11(15)16/h8-9H,1-7,12H2,(H,13,14)(H,15,16). The highest BCUT2D eigenvalue weighted by atomic mass is 16.5. The maximum atomic E-state index is 11.5. The van der Waals surface area contributed by atoms with Crippen molar-refractivity contribution in [2.24, 2.45) is 11.7 Å². The Morgan fingerprint density at radius 1 is 1.35 bits per heavy atom. The molecule has 0 heterocycles. The molecule has 0 saturated heterocycles. The van der Waals surface area contributed by atoms with Gasteiger partial charge in [0, 0.05) is 12.6 Å². The predicted molar refractivity (Wildman–Crippen MR) is 61.4 cm³/mol. The molecule has 1 saturated carbocycles. The molecule has 4 N–H and O–H groups in total. The molecular formula is C11H20N2O4. The lowest BCUT2D eigenvalue weighted by Crippen LogP contribution is -2.46. The van der Waals surface area contributed by atoms with Crippen LogP contribution in [0.5, 0.6) is 0 Å². The Balaban J connectivity index is 2.36. The van der Waals surface area contributed by atoms with Gasteiger partial charge in [-0.05, 0) is 12.8 Å². The van der Waals surface area contributed by atoms with Crippen molar-refractivity contribution in [1.82, 2.24) is 5.32 Å². The highest BCUT2D eigenvalue weighted by Crippen LogP contribution is 2.24. The lowest BCUT2D eigenvalue weighted by molar-refractivity contribution is -0.144. The fraction of sp³-hybridized carbons (Fsp3) is 0.818. The number of hydrogen-bond donors (Lipinski definition) is 3. The minimum atomic E-state index is -0.835. The smallest absolute Gasteiger partial charge is 0.308 e. The van der Waals surface area contributed by atoms with Gasteiger partial charge in [-0.3, -0.25) is 9.59 Å². The highest BCUT2D eigenvalue weighted by Gasteiger charge is 2.31. The number of rotatable bonds is 6. The monoisotopic (exact) mass is 244 g/mol. The van der Waals surface area contributed by atoms with E-state index in [1.807, 2.05) is 0 Å². The van der Waals surface area contributed by atoms with Gasteiger partial charge in [0.05, 0.1) is 12.5 Å². The summed E-state index contributed by atoms with van der Waals surface area (Å²) in [7, 11) is 0. The molecule has 1 aliphatic rings. The van der Waals surface area contributed by atoms with E-state index in [0.29, 0.717) is 19.6 Å². The van der Waals surface area contributed by atoms with E-state index in [0.717, 1.165) is 19.3 Å². The van der Waals surface area contributed by atoms with Crippen molar-refractivity contribution < 1.29 is 19.4 Å². The molecule has 98 valence electrons. The molecule has 1 aliphatic carbocycles. The third-order valence-electron chi connectivity index (χ3n) is 2.92. The van der Waals surface area contributed by atoms with Crippen LogP contribution in [-0.2, 0) is 14.3 Å². The Labute approximate surface area is 101 Å². The molecule has 2 atom stereocenters. The van der Waals surface area contributed by atoms with Crippen molar-refractivity contribution in [3.8, 4) is 0 Å². The number of ether oxygens (including phenoxy) is 1. The van der Waals surface area contributed by atoms with Crippen molar-refractivity contribution in [3.05, 3.63) is 0 Å². The number of hydrogen-bond acceptors (Lipinski definition) is 4. The van der Waals surface area contributed by atoms with E-state index in [2.05, 4.69) is 5.32 Å². The fourth-order valence-corrected chi connectivity index (χ4v) is 2.10. The van der Waals surface area contributed by atoms with E-state index in [1.165, 1.54) is 0 Å². The molecule has 6 nitrogen and oxygen atoms in total. The largest absolute Gasteiger partial charge is 0.481 e. The fourth-order valence-electron chi connectivity index (χ4n) is 2.10. The zero-order valence-corrected chi connectivity index (χ0v) is 9.85. The lowest BCUT2D eigenvalue weighted by Gasteiger charge is -2.29. The summed E-state index contributed by atoms with van der Waals surface area (Å²) in [6.07, 6.45) is 3.22. The molecular weight excluding hydrogens is 224 g/mol. The second-order valence-corrected chi connectivity index (χ2v) is 4.24. The minimum Gasteiger partial charge on any atom is -0.481 e. The van der Waals surface area contributed by atoms with Crippen LogP contribution in [0, 0.1) is 5.92 Å². The van der Waals surface area contributed by atoms with Crippen LogP contribution >= 0.6 is 0 Å². The van der Waals surface area contributed by atoms with E-state index in [-0.39, 0.29) is 18.6 Å². The first kappa shape index (κ1) is 13.9. The number of carbonyl (C=O) groups excluding carboxylic acids is 1. The van der Waals surface area contributed by atoms with Gasteiger partial charge in [0.25, 0.3) is 0 Å². The third kappa shape index (κ3) is 4.70. The van der Waals surface area contributed by atoms with Crippen LogP contribution in [0.1, 0.15) is 25.7 Å². The molecule has 2 unspecified atom stereocenters. The van der Waals surface area contributed by atoms with Crippen LogP contribution in [0.2, 0.25) is 0 Å². The Kier molecular flexibility index (Phi) is 5.93. The number of carbonyl (C=O) groups is 2. The second kappa shape index (κ2) is 7.24. The van der Waals surface area contributed by atoms with E-state index >= 15 is 0 Å². The van der Waals surface area contributed by atoms with E-state index < -0.39 is 11.9 Å². The Morgan fingerprint density at radius 3 is 2.71 bits per heavy atom. The third-order valence-corrected chi connectivity index (χ3v) is 2.92. The van der Waals surface area contributed by atoms with Gasteiger partial charge in [-0.25, -0.2) is 0 Å². The zero-order chi connectivity index (χ0) is 12.7. The number of carboxylic acid groups (broad SMARTS) is 1. The summed E-state index contributed by atoms with van der Waals surface area (Å²) in [5.41, 5.74) is 5.23. The van der Waals surface area contributed by atoms with Gasteiger partial charge < -0.3 is 20.9 Å². The van der Waals surface area contributed by atoms with Gasteiger partial charge in [-0.2, -0.15) is 0 Å². The molecule has 1 fully saturated rings. The lowest BCUT2D eigenvalue weighted by atomic mass is 9.84. The molecule has 0 aromatic heterocycles. The van der Waals surface area contributed by atoms with Gasteiger partial charge in [0.1, 0.15) is 6.61 Å². The van der Waals surface area contributed by atoms with Crippen molar-refractivity contribution in [2.45, 2.75) is 31.7 Å². The molecule has 17 heavy (non-hydrogen) atoms. The molecule has 0 aromatic rings. The Hall–Kier alpha value is -1.14. The molecule has 1 amide bonds. The second-order valence-electron chi connectivity index (χ2n) is 4.24. The van der Waals surface area contributed by atoms with Gasteiger partial charge >= 0.3 is 5.97 Å². The van der Waals surface area contributed by atoms with Gasteiger partial charge in [0.2, 0.25) is 5.91 Å². The molecule has 0 aromatic carbocycles. The average molecular weight is 244 g/mol. The van der Waals surface area contributed by atoms with Crippen LogP contribution in [-0.4, -0.2) is 42.8 Å². The van der Waals surface area contributed by atoms with Crippen molar-refractivity contribution >= 4 is 11.9 Å². The first-order chi connectivity index (χ1) is 8.15. The summed E-state index contributed by atoms with van der Waals surface area (Å²) in [6.45, 7) is 0.648. The first-order valence-corrected chi connectivity index (χ1v) is 5.95. The average Bonchev–Trinajstić information content (AvgIpc) is 2.29. The molecule has 0 radical (unpaired) electrons. The summed E-state index contributed by atoms with van der Waals surface area (Å²) >= 11 is 0. The van der Waals surface area contributed by atoms with Crippen LogP contribution in [0.4, 0.5) is 0 Å². The van der Waals surface area contributed by atoms with Gasteiger partial charge in [-0.1, -0.05) is 12.8 Å². The Morgan fingerprint density at radius 2 is 2.06 bits per heavy atom. The molecule has 6 heteroatoms. The van der Waals surface area contributed by atoms with Crippen LogP contribution in [0.15, 0.2) is 0 Å². The van der Waals surface area contributed by atoms with Crippen LogP contribution in [0.25, 0.3) is 0 Å². The maximum absolute atomic E-state index is 11.5. The number of aliphatic carboxylic acids is 1. The summed E-state index contributed by atoms with van der Waals surface area (Å²) in [6, 6.07) is -0.268. The van der Waals surface area contributed by atoms with Crippen molar-refractivity contribution in [3.63, 3.8) is 0 Å². The van der Waals surface area contributed by atoms with Crippen molar-refractivity contribution in [1.29, 1.82) is 0 Å². The summed E-state index contributed by atoms with van der Waals surface area (Å²) in [5, 5.41) is 11.8. The van der Waals surface area contributed by atoms with E-state index in [4.69, 9.17) is 15.6 Å². The van der Waals surface area contributed by atoms with Crippen molar-refractivity contribution in [2.75, 3.05) is 19.8 Å². The normalized spacial score (nSPS) is 24.3. The van der Waals surface area contributed by atoms with E-state index in [9.17, 15) is 9.59 Å². The molecule has 0 aliphatic heterocycles. The van der Waals surface area contributed by atoms with Gasteiger partial charge in [0.15, 0.2) is 0 Å². The quantitative estimate of drug-likeness (QED) is 0.558. The Bertz CT molecular complexity index is 270. The SMILES string of the molecule is NCCOCC(=O)NC1CCCCC1C(=O)O. The van der Waals surface area contributed by atoms with E-state index in [1.54, 1.807) is 0 Å². The predicted octanol–water partition coefficient (Wildman–Crippen LogP) is -0.279. The number of nitrogens with two attached hydrogens (primary N) is 1. The number of amides is 1. The van der Waals surface area contributed by atoms with Crippen LogP contribution < -0.4 is 11.1 Å². The molecule has 0 spiro atoms. The molecule has 1 rings (SSSR count). The summed E-state index contributed by atoms with van der Waals surface area (Å²) in [4.78, 5) is 22.5.